The largest absolute Gasteiger partial charge is 0.310 e. The topological polar surface area (TPSA) is 8.17 Å². The Bertz CT molecular complexity index is 2810. The van der Waals surface area contributed by atoms with Crippen LogP contribution in [0.25, 0.3) is 72.9 Å². The molecule has 0 saturated carbocycles. The smallest absolute Gasteiger partial charge is 0.0547 e. The number of hydrogen-bond donors (Lipinski definition) is 0. The summed E-state index contributed by atoms with van der Waals surface area (Å²) in [6, 6.07) is 69.6. The predicted octanol–water partition coefficient (Wildman–Crippen LogP) is 14.9. The molecule has 262 valence electrons. The Labute approximate surface area is 323 Å². The van der Waals surface area contributed by atoms with Crippen molar-refractivity contribution in [2.75, 3.05) is 4.90 Å². The first-order chi connectivity index (χ1) is 27.2. The van der Waals surface area contributed by atoms with Gasteiger partial charge in [0.05, 0.1) is 22.6 Å². The van der Waals surface area contributed by atoms with Crippen molar-refractivity contribution in [1.82, 2.24) is 4.57 Å². The van der Waals surface area contributed by atoms with E-state index in [0.29, 0.717) is 0 Å². The minimum Gasteiger partial charge on any atom is -0.310 e. The molecule has 0 aliphatic heterocycles. The van der Waals surface area contributed by atoms with Gasteiger partial charge in [-0.1, -0.05) is 170 Å². The van der Waals surface area contributed by atoms with E-state index < -0.39 is 0 Å². The van der Waals surface area contributed by atoms with Crippen molar-refractivity contribution in [3.05, 3.63) is 218 Å². The third-order valence-electron chi connectivity index (χ3n) is 10.5. The SMILES string of the molecule is C=Cc1c(/C=C\C)c2c3ccccc3ccc2n1-c1ccccc1-c1ccc(N(c2ccc(-c3ccccc3)cc2)c2ccccc2-c2ccccc2)cc1. The van der Waals surface area contributed by atoms with Crippen molar-refractivity contribution in [3.8, 4) is 39.1 Å². The van der Waals surface area contributed by atoms with Crippen LogP contribution in [0, 0.1) is 0 Å². The molecule has 0 spiro atoms. The van der Waals surface area contributed by atoms with Crippen LogP contribution in [-0.4, -0.2) is 4.57 Å². The zero-order valence-electron chi connectivity index (χ0n) is 30.8. The molecule has 0 fully saturated rings. The van der Waals surface area contributed by atoms with Crippen LogP contribution in [0.2, 0.25) is 0 Å². The number of anilines is 3. The number of allylic oxidation sites excluding steroid dienone is 1. The molecule has 0 bridgehead atoms. The van der Waals surface area contributed by atoms with Gasteiger partial charge in [-0.25, -0.2) is 0 Å². The molecule has 8 aromatic carbocycles. The summed E-state index contributed by atoms with van der Waals surface area (Å²) in [5.74, 6) is 0. The Kier molecular flexibility index (Phi) is 8.99. The lowest BCUT2D eigenvalue weighted by atomic mass is 10.00. The van der Waals surface area contributed by atoms with Crippen LogP contribution in [-0.2, 0) is 0 Å². The van der Waals surface area contributed by atoms with E-state index >= 15 is 0 Å². The lowest BCUT2D eigenvalue weighted by Crippen LogP contribution is -2.11. The molecule has 0 N–H and O–H groups in total. The van der Waals surface area contributed by atoms with Gasteiger partial charge < -0.3 is 9.47 Å². The number of rotatable bonds is 9. The van der Waals surface area contributed by atoms with Crippen molar-refractivity contribution in [1.29, 1.82) is 0 Å². The van der Waals surface area contributed by atoms with Gasteiger partial charge in [0, 0.05) is 33.5 Å². The summed E-state index contributed by atoms with van der Waals surface area (Å²) in [4.78, 5) is 2.37. The highest BCUT2D eigenvalue weighted by Gasteiger charge is 2.21. The number of benzene rings is 8. The van der Waals surface area contributed by atoms with Crippen molar-refractivity contribution in [2.45, 2.75) is 6.92 Å². The van der Waals surface area contributed by atoms with Gasteiger partial charge in [-0.3, -0.25) is 0 Å². The lowest BCUT2D eigenvalue weighted by molar-refractivity contribution is 1.11. The summed E-state index contributed by atoms with van der Waals surface area (Å²) in [5.41, 5.74) is 14.9. The number of aromatic nitrogens is 1. The Morgan fingerprint density at radius 2 is 1.04 bits per heavy atom. The molecule has 1 aromatic heterocycles. The highest BCUT2D eigenvalue weighted by Crippen LogP contribution is 2.43. The zero-order valence-corrected chi connectivity index (χ0v) is 30.8. The molecule has 0 saturated heterocycles. The summed E-state index contributed by atoms with van der Waals surface area (Å²) >= 11 is 0. The molecule has 9 rings (SSSR count). The fourth-order valence-electron chi connectivity index (χ4n) is 8.00. The van der Waals surface area contributed by atoms with Crippen molar-refractivity contribution in [3.63, 3.8) is 0 Å². The van der Waals surface area contributed by atoms with Gasteiger partial charge in [-0.05, 0) is 88.5 Å². The molecule has 0 aliphatic carbocycles. The quantitative estimate of drug-likeness (QED) is 0.145. The van der Waals surface area contributed by atoms with Crippen LogP contribution >= 0.6 is 0 Å². The van der Waals surface area contributed by atoms with E-state index in [2.05, 4.69) is 229 Å². The molecule has 0 aliphatic rings. The molecule has 0 atom stereocenters. The second kappa shape index (κ2) is 14.7. The summed E-state index contributed by atoms with van der Waals surface area (Å²) in [6.45, 7) is 6.40. The summed E-state index contributed by atoms with van der Waals surface area (Å²) in [7, 11) is 0. The maximum atomic E-state index is 4.32. The third-order valence-corrected chi connectivity index (χ3v) is 10.5. The van der Waals surface area contributed by atoms with Gasteiger partial charge in [0.2, 0.25) is 0 Å². The third kappa shape index (κ3) is 6.14. The molecule has 2 heteroatoms. The van der Waals surface area contributed by atoms with Crippen molar-refractivity contribution in [2.24, 2.45) is 0 Å². The first-order valence-corrected chi connectivity index (χ1v) is 18.8. The predicted molar refractivity (Wildman–Crippen MR) is 237 cm³/mol. The van der Waals surface area contributed by atoms with E-state index in [1.165, 1.54) is 44.0 Å². The van der Waals surface area contributed by atoms with Gasteiger partial charge >= 0.3 is 0 Å². The second-order valence-corrected chi connectivity index (χ2v) is 13.7. The molecule has 0 amide bonds. The first-order valence-electron chi connectivity index (χ1n) is 18.8. The van der Waals surface area contributed by atoms with Crippen LogP contribution < -0.4 is 4.90 Å². The Morgan fingerprint density at radius 3 is 1.73 bits per heavy atom. The minimum atomic E-state index is 1.08. The Hall–Kier alpha value is -7.16. The highest BCUT2D eigenvalue weighted by molar-refractivity contribution is 6.13. The van der Waals surface area contributed by atoms with Crippen molar-refractivity contribution >= 4 is 50.9 Å². The second-order valence-electron chi connectivity index (χ2n) is 13.7. The number of fused-ring (bicyclic) bond motifs is 3. The summed E-state index contributed by atoms with van der Waals surface area (Å²) in [6.07, 6.45) is 6.33. The van der Waals surface area contributed by atoms with E-state index in [1.807, 2.05) is 6.08 Å². The van der Waals surface area contributed by atoms with Crippen molar-refractivity contribution < 1.29 is 0 Å². The van der Waals surface area contributed by atoms with E-state index in [9.17, 15) is 0 Å². The molecular formula is C53H40N2. The van der Waals surface area contributed by atoms with Gasteiger partial charge in [-0.15, -0.1) is 0 Å². The van der Waals surface area contributed by atoms with Gasteiger partial charge in [0.15, 0.2) is 0 Å². The molecule has 0 unspecified atom stereocenters. The molecule has 55 heavy (non-hydrogen) atoms. The van der Waals surface area contributed by atoms with E-state index in [1.54, 1.807) is 0 Å². The zero-order chi connectivity index (χ0) is 37.1. The number of nitrogens with zero attached hydrogens (tertiary/aromatic N) is 2. The number of para-hydroxylation sites is 2. The monoisotopic (exact) mass is 704 g/mol. The lowest BCUT2D eigenvalue weighted by Gasteiger charge is -2.28. The molecule has 2 nitrogen and oxygen atoms in total. The van der Waals surface area contributed by atoms with Gasteiger partial charge in [0.1, 0.15) is 0 Å². The maximum Gasteiger partial charge on any atom is 0.0547 e. The van der Waals surface area contributed by atoms with Crippen LogP contribution in [0.5, 0.6) is 0 Å². The van der Waals surface area contributed by atoms with E-state index in [0.717, 1.165) is 45.1 Å². The Morgan fingerprint density at radius 1 is 0.491 bits per heavy atom. The molecule has 9 aromatic rings. The van der Waals surface area contributed by atoms with Crippen LogP contribution in [0.4, 0.5) is 17.1 Å². The standard InChI is InChI=1S/C53H40N2/c1-3-17-48-49(4-2)55(52-37-32-41-22-11-12-25-47(41)53(48)52)51-27-16-14-24-46(51)42-30-35-44(36-31-42)54(43-33-28-39(29-34-43)38-18-7-5-8-19-38)50-26-15-13-23-45(50)40-20-9-6-10-21-40/h3-37H,2H2,1H3/b17-3-. The van der Waals surface area contributed by atoms with E-state index in [4.69, 9.17) is 0 Å². The Balaban J connectivity index is 1.19. The van der Waals surface area contributed by atoms with Crippen LogP contribution in [0.15, 0.2) is 207 Å². The van der Waals surface area contributed by atoms with Gasteiger partial charge in [0.25, 0.3) is 0 Å². The summed E-state index contributed by atoms with van der Waals surface area (Å²) < 4.78 is 2.38. The average molecular weight is 705 g/mol. The fraction of sp³-hybridized carbons (Fsp3) is 0.0189. The number of hydrogen-bond acceptors (Lipinski definition) is 1. The van der Waals surface area contributed by atoms with E-state index in [-0.39, 0.29) is 0 Å². The molecular weight excluding hydrogens is 665 g/mol. The van der Waals surface area contributed by atoms with Crippen LogP contribution in [0.3, 0.4) is 0 Å². The fourth-order valence-corrected chi connectivity index (χ4v) is 8.00. The highest BCUT2D eigenvalue weighted by atomic mass is 15.1. The van der Waals surface area contributed by atoms with Gasteiger partial charge in [-0.2, -0.15) is 0 Å². The normalized spacial score (nSPS) is 11.4. The molecule has 0 radical (unpaired) electrons. The average Bonchev–Trinajstić information content (AvgIpc) is 3.58. The first kappa shape index (κ1) is 33.7. The van der Waals surface area contributed by atoms with Crippen LogP contribution in [0.1, 0.15) is 18.2 Å². The maximum absolute atomic E-state index is 4.32. The summed E-state index contributed by atoms with van der Waals surface area (Å²) in [5, 5.41) is 3.71. The minimum absolute atomic E-state index is 1.08. The molecule has 1 heterocycles.